The minimum absolute atomic E-state index is 0.437. The molecule has 0 atom stereocenters. The fourth-order valence-electron chi connectivity index (χ4n) is 0.244. The quantitative estimate of drug-likeness (QED) is 0.624. The van der Waals surface area contributed by atoms with Crippen molar-refractivity contribution in [1.82, 2.24) is 0 Å². The Kier molecular flexibility index (Phi) is 10.5. The van der Waals surface area contributed by atoms with Gasteiger partial charge in [-0.05, 0) is 6.42 Å². The van der Waals surface area contributed by atoms with Crippen molar-refractivity contribution in [3.8, 4) is 0 Å². The number of carboxylic acid groups (broad SMARTS) is 2. The van der Waals surface area contributed by atoms with Crippen LogP contribution in [0.15, 0.2) is 0 Å². The van der Waals surface area contributed by atoms with Gasteiger partial charge in [-0.2, -0.15) is 0 Å². The van der Waals surface area contributed by atoms with Crippen molar-refractivity contribution in [2.45, 2.75) is 13.3 Å². The summed E-state index contributed by atoms with van der Waals surface area (Å²) in [6.45, 7) is 2.36. The van der Waals surface area contributed by atoms with E-state index in [1.54, 1.807) is 0 Å². The van der Waals surface area contributed by atoms with E-state index >= 15 is 0 Å². The lowest BCUT2D eigenvalue weighted by molar-refractivity contribution is 0.0728. The van der Waals surface area contributed by atoms with E-state index in [1.807, 2.05) is 6.92 Å². The van der Waals surface area contributed by atoms with Crippen molar-refractivity contribution in [3.05, 3.63) is 0 Å². The number of ether oxygens (including phenoxy) is 2. The largest absolute Gasteiger partial charge is 0.507 e. The number of hydrogen-bond donors (Lipinski definition) is 2. The van der Waals surface area contributed by atoms with Crippen molar-refractivity contribution in [2.75, 3.05) is 13.7 Å². The molecule has 0 aliphatic carbocycles. The van der Waals surface area contributed by atoms with Crippen molar-refractivity contribution >= 4 is 12.3 Å². The smallest absolute Gasteiger partial charge is 0.450 e. The van der Waals surface area contributed by atoms with Crippen LogP contribution in [-0.4, -0.2) is 36.2 Å². The highest BCUT2D eigenvalue weighted by Gasteiger charge is 1.95. The molecule has 0 amide bonds. The Morgan fingerprint density at radius 1 is 1.33 bits per heavy atom. The second-order valence-electron chi connectivity index (χ2n) is 1.59. The molecular formula is C6H12O6. The fraction of sp³-hybridized carbons (Fsp3) is 0.667. The van der Waals surface area contributed by atoms with Crippen molar-refractivity contribution in [2.24, 2.45) is 0 Å². The Labute approximate surface area is 69.7 Å². The highest BCUT2D eigenvalue weighted by Crippen LogP contribution is 1.83. The Hall–Kier alpha value is -1.46. The molecule has 0 aromatic rings. The second kappa shape index (κ2) is 9.54. The van der Waals surface area contributed by atoms with E-state index in [1.165, 1.54) is 7.11 Å². The topological polar surface area (TPSA) is 93.1 Å². The van der Waals surface area contributed by atoms with Crippen molar-refractivity contribution in [1.29, 1.82) is 0 Å². The third-order valence-electron chi connectivity index (χ3n) is 0.591. The van der Waals surface area contributed by atoms with Crippen LogP contribution in [0, 0.1) is 0 Å². The molecule has 0 fully saturated rings. The van der Waals surface area contributed by atoms with Crippen molar-refractivity contribution < 1.29 is 29.3 Å². The number of carbonyl (C=O) groups excluding carboxylic acids is 1. The van der Waals surface area contributed by atoms with E-state index in [2.05, 4.69) is 9.47 Å². The monoisotopic (exact) mass is 180 g/mol. The fourth-order valence-corrected chi connectivity index (χ4v) is 0.244. The molecule has 0 spiro atoms. The van der Waals surface area contributed by atoms with Crippen LogP contribution in [0.5, 0.6) is 0 Å². The molecule has 0 aliphatic rings. The van der Waals surface area contributed by atoms with Crippen LogP contribution in [0.4, 0.5) is 9.59 Å². The maximum absolute atomic E-state index is 10.1. The van der Waals surface area contributed by atoms with Gasteiger partial charge in [-0.3, -0.25) is 0 Å². The lowest BCUT2D eigenvalue weighted by atomic mass is 10.5. The Bertz CT molecular complexity index is 128. The molecule has 72 valence electrons. The molecule has 0 unspecified atom stereocenters. The molecule has 2 N–H and O–H groups in total. The summed E-state index contributed by atoms with van der Waals surface area (Å²) in [5.41, 5.74) is 0. The van der Waals surface area contributed by atoms with E-state index < -0.39 is 12.3 Å². The Morgan fingerprint density at radius 2 is 1.75 bits per heavy atom. The van der Waals surface area contributed by atoms with Crippen LogP contribution in [-0.2, 0) is 9.47 Å². The van der Waals surface area contributed by atoms with Gasteiger partial charge in [0, 0.05) is 0 Å². The highest BCUT2D eigenvalue weighted by molar-refractivity contribution is 5.59. The zero-order chi connectivity index (χ0) is 9.98. The molecule has 0 aromatic carbocycles. The maximum Gasteiger partial charge on any atom is 0.507 e. The van der Waals surface area contributed by atoms with E-state index in [0.29, 0.717) is 6.61 Å². The van der Waals surface area contributed by atoms with Crippen LogP contribution in [0.1, 0.15) is 13.3 Å². The summed E-state index contributed by atoms with van der Waals surface area (Å²) in [6.07, 6.45) is -1.61. The van der Waals surface area contributed by atoms with Gasteiger partial charge in [0.15, 0.2) is 0 Å². The number of hydrogen-bond acceptors (Lipinski definition) is 4. The molecule has 0 saturated carbocycles. The number of rotatable bonds is 2. The van der Waals surface area contributed by atoms with E-state index in [-0.39, 0.29) is 0 Å². The summed E-state index contributed by atoms with van der Waals surface area (Å²) >= 11 is 0. The summed E-state index contributed by atoms with van der Waals surface area (Å²) in [4.78, 5) is 18.7. The average Bonchev–Trinajstić information content (AvgIpc) is 1.99. The molecule has 0 bridgehead atoms. The second-order valence-corrected chi connectivity index (χ2v) is 1.59. The number of carbonyl (C=O) groups is 2. The number of methoxy groups -OCH3 is 1. The minimum Gasteiger partial charge on any atom is -0.450 e. The normalized spacial score (nSPS) is 7.50. The molecule has 0 saturated heterocycles. The zero-order valence-electron chi connectivity index (χ0n) is 6.94. The van der Waals surface area contributed by atoms with Gasteiger partial charge in [0.1, 0.15) is 0 Å². The minimum atomic E-state index is -1.83. The first-order valence-corrected chi connectivity index (χ1v) is 3.17. The van der Waals surface area contributed by atoms with Gasteiger partial charge in [0.05, 0.1) is 13.7 Å². The summed E-state index contributed by atoms with van der Waals surface area (Å²) < 4.78 is 8.67. The first-order chi connectivity index (χ1) is 5.54. The third-order valence-corrected chi connectivity index (χ3v) is 0.591. The lowest BCUT2D eigenvalue weighted by Gasteiger charge is -1.97. The SMILES string of the molecule is CCCOC(=O)OC.O=C(O)O. The predicted octanol–water partition coefficient (Wildman–Crippen LogP) is 1.40. The van der Waals surface area contributed by atoms with Crippen LogP contribution < -0.4 is 0 Å². The zero-order valence-corrected chi connectivity index (χ0v) is 6.94. The lowest BCUT2D eigenvalue weighted by Crippen LogP contribution is -2.03. The average molecular weight is 180 g/mol. The molecule has 0 heterocycles. The first kappa shape index (κ1) is 13.2. The van der Waals surface area contributed by atoms with Crippen LogP contribution >= 0.6 is 0 Å². The molecule has 0 aliphatic heterocycles. The van der Waals surface area contributed by atoms with Crippen LogP contribution in [0.25, 0.3) is 0 Å². The van der Waals surface area contributed by atoms with Gasteiger partial charge in [0.2, 0.25) is 0 Å². The third kappa shape index (κ3) is 23.6. The summed E-state index contributed by atoms with van der Waals surface area (Å²) in [6, 6.07) is 0. The van der Waals surface area contributed by atoms with Gasteiger partial charge in [0.25, 0.3) is 0 Å². The summed E-state index contributed by atoms with van der Waals surface area (Å²) in [5, 5.41) is 13.9. The van der Waals surface area contributed by atoms with Gasteiger partial charge < -0.3 is 19.7 Å². The molecule has 0 aromatic heterocycles. The van der Waals surface area contributed by atoms with Gasteiger partial charge >= 0.3 is 12.3 Å². The molecule has 12 heavy (non-hydrogen) atoms. The maximum atomic E-state index is 10.1. The highest BCUT2D eigenvalue weighted by atomic mass is 16.7. The van der Waals surface area contributed by atoms with Gasteiger partial charge in [-0.25, -0.2) is 9.59 Å². The van der Waals surface area contributed by atoms with Gasteiger partial charge in [-0.1, -0.05) is 6.92 Å². The van der Waals surface area contributed by atoms with E-state index in [0.717, 1.165) is 6.42 Å². The molecule has 6 nitrogen and oxygen atoms in total. The van der Waals surface area contributed by atoms with E-state index in [9.17, 15) is 4.79 Å². The molecule has 0 rings (SSSR count). The Morgan fingerprint density at radius 3 is 2.00 bits per heavy atom. The summed E-state index contributed by atoms with van der Waals surface area (Å²) in [5.74, 6) is 0. The van der Waals surface area contributed by atoms with Crippen LogP contribution in [0.2, 0.25) is 0 Å². The van der Waals surface area contributed by atoms with Crippen molar-refractivity contribution in [3.63, 3.8) is 0 Å². The van der Waals surface area contributed by atoms with Gasteiger partial charge in [-0.15, -0.1) is 0 Å². The van der Waals surface area contributed by atoms with E-state index in [4.69, 9.17) is 15.0 Å². The first-order valence-electron chi connectivity index (χ1n) is 3.17. The predicted molar refractivity (Wildman–Crippen MR) is 39.3 cm³/mol. The molecular weight excluding hydrogens is 168 g/mol. The van der Waals surface area contributed by atoms with Crippen LogP contribution in [0.3, 0.4) is 0 Å². The molecule has 6 heteroatoms. The molecule has 0 radical (unpaired) electrons. The Balaban J connectivity index is 0. The standard InChI is InChI=1S/C5H10O3.CH2O3/c1-3-4-8-5(6)7-2;2-1(3)4/h3-4H2,1-2H3;(H2,2,3,4). The summed E-state index contributed by atoms with van der Waals surface area (Å²) in [7, 11) is 1.29.